The molecular formula is C22H25ClN4O3. The Morgan fingerprint density at radius 1 is 1.17 bits per heavy atom. The van der Waals surface area contributed by atoms with E-state index in [1.54, 1.807) is 38.4 Å². The highest BCUT2D eigenvalue weighted by atomic mass is 35.5. The van der Waals surface area contributed by atoms with Crippen molar-refractivity contribution in [1.82, 2.24) is 9.88 Å². The number of alkyl halides is 1. The van der Waals surface area contributed by atoms with Crippen molar-refractivity contribution >= 4 is 40.8 Å². The van der Waals surface area contributed by atoms with Gasteiger partial charge in [0.15, 0.2) is 0 Å². The number of amides is 4. The first-order valence-corrected chi connectivity index (χ1v) is 10.2. The normalized spacial score (nSPS) is 15.8. The molecule has 3 rings (SSSR count). The topological polar surface area (TPSA) is 82.6 Å². The van der Waals surface area contributed by atoms with E-state index in [4.69, 9.17) is 11.6 Å². The first-order chi connectivity index (χ1) is 14.2. The lowest BCUT2D eigenvalue weighted by atomic mass is 9.99. The molecule has 0 saturated carbocycles. The molecule has 1 fully saturated rings. The zero-order valence-electron chi connectivity index (χ0n) is 17.5. The first-order valence-electron chi connectivity index (χ1n) is 9.71. The van der Waals surface area contributed by atoms with Gasteiger partial charge < -0.3 is 10.2 Å². The number of aromatic nitrogens is 1. The summed E-state index contributed by atoms with van der Waals surface area (Å²) in [7, 11) is 0. The molecule has 7 nitrogen and oxygen atoms in total. The molecule has 0 unspecified atom stereocenters. The predicted octanol–water partition coefficient (Wildman–Crippen LogP) is 4.13. The summed E-state index contributed by atoms with van der Waals surface area (Å²) in [5.74, 6) is -0.729. The summed E-state index contributed by atoms with van der Waals surface area (Å²) in [5, 5.41) is 2.77. The minimum absolute atomic E-state index is 0.134. The Hall–Kier alpha value is -2.93. The van der Waals surface area contributed by atoms with E-state index >= 15 is 0 Å². The number of benzene rings is 1. The average Bonchev–Trinajstić information content (AvgIpc) is 2.88. The standard InChI is InChI=1S/C22H25ClN4O3/c1-14(2)17-6-5-16(11-18(17)25-19(28)12-23)27-20(29)22(3,4)26(21(27)30)13-15-7-9-24-10-8-15/h5-11,14H,12-13H2,1-4H3,(H,25,28). The quantitative estimate of drug-likeness (QED) is 0.554. The monoisotopic (exact) mass is 428 g/mol. The number of urea groups is 1. The van der Waals surface area contributed by atoms with Crippen molar-refractivity contribution in [2.24, 2.45) is 0 Å². The van der Waals surface area contributed by atoms with Crippen LogP contribution < -0.4 is 10.2 Å². The van der Waals surface area contributed by atoms with Crippen molar-refractivity contribution in [2.45, 2.75) is 45.7 Å². The van der Waals surface area contributed by atoms with E-state index in [0.29, 0.717) is 11.4 Å². The minimum atomic E-state index is -1.02. The van der Waals surface area contributed by atoms with Crippen molar-refractivity contribution in [3.05, 3.63) is 53.9 Å². The summed E-state index contributed by atoms with van der Waals surface area (Å²) >= 11 is 5.64. The molecule has 1 aliphatic heterocycles. The van der Waals surface area contributed by atoms with Crippen LogP contribution in [-0.2, 0) is 16.1 Å². The van der Waals surface area contributed by atoms with Gasteiger partial charge in [-0.1, -0.05) is 19.9 Å². The molecule has 1 aliphatic rings. The van der Waals surface area contributed by atoms with Crippen LogP contribution in [0.2, 0.25) is 0 Å². The number of imide groups is 1. The molecule has 158 valence electrons. The number of carbonyl (C=O) groups excluding carboxylic acids is 3. The van der Waals surface area contributed by atoms with Crippen LogP contribution in [-0.4, -0.2) is 39.1 Å². The van der Waals surface area contributed by atoms with E-state index in [0.717, 1.165) is 11.1 Å². The molecule has 0 atom stereocenters. The van der Waals surface area contributed by atoms with Gasteiger partial charge in [0, 0.05) is 24.6 Å². The zero-order chi connectivity index (χ0) is 22.1. The van der Waals surface area contributed by atoms with E-state index < -0.39 is 11.6 Å². The maximum absolute atomic E-state index is 13.3. The van der Waals surface area contributed by atoms with Gasteiger partial charge in [-0.3, -0.25) is 14.6 Å². The zero-order valence-corrected chi connectivity index (χ0v) is 18.2. The fourth-order valence-electron chi connectivity index (χ4n) is 3.48. The second-order valence-corrected chi connectivity index (χ2v) is 8.30. The van der Waals surface area contributed by atoms with Crippen LogP contribution in [0.3, 0.4) is 0 Å². The molecule has 8 heteroatoms. The summed E-state index contributed by atoms with van der Waals surface area (Å²) in [4.78, 5) is 45.0. The Bertz CT molecular complexity index is 976. The average molecular weight is 429 g/mol. The molecule has 1 aromatic carbocycles. The van der Waals surface area contributed by atoms with Gasteiger partial charge in [0.05, 0.1) is 5.69 Å². The summed E-state index contributed by atoms with van der Waals surface area (Å²) in [6, 6.07) is 8.42. The molecule has 4 amide bonds. The van der Waals surface area contributed by atoms with Crippen molar-refractivity contribution < 1.29 is 14.4 Å². The smallest absolute Gasteiger partial charge is 0.325 e. The van der Waals surface area contributed by atoms with E-state index in [2.05, 4.69) is 10.3 Å². The SMILES string of the molecule is CC(C)c1ccc(N2C(=O)N(Cc3ccncc3)C(C)(C)C2=O)cc1NC(=O)CCl. The minimum Gasteiger partial charge on any atom is -0.325 e. The number of hydrogen-bond acceptors (Lipinski definition) is 4. The molecule has 0 radical (unpaired) electrons. The number of nitrogens with one attached hydrogen (secondary N) is 1. The summed E-state index contributed by atoms with van der Waals surface area (Å²) in [5.41, 5.74) is 1.70. The molecule has 0 bridgehead atoms. The predicted molar refractivity (Wildman–Crippen MR) is 117 cm³/mol. The molecule has 0 spiro atoms. The van der Waals surface area contributed by atoms with Crippen LogP contribution in [0.25, 0.3) is 0 Å². The summed E-state index contributed by atoms with van der Waals surface area (Å²) in [6.45, 7) is 7.74. The highest BCUT2D eigenvalue weighted by molar-refractivity contribution is 6.29. The Balaban J connectivity index is 1.98. The summed E-state index contributed by atoms with van der Waals surface area (Å²) < 4.78 is 0. The molecule has 2 heterocycles. The van der Waals surface area contributed by atoms with Gasteiger partial charge in [0.25, 0.3) is 5.91 Å². The highest BCUT2D eigenvalue weighted by Gasteiger charge is 2.51. The number of anilines is 2. The number of pyridine rings is 1. The molecule has 2 aromatic rings. The van der Waals surface area contributed by atoms with Gasteiger partial charge in [-0.25, -0.2) is 9.69 Å². The van der Waals surface area contributed by atoms with Crippen LogP contribution in [0.1, 0.15) is 44.7 Å². The fourth-order valence-corrected chi connectivity index (χ4v) is 3.54. The van der Waals surface area contributed by atoms with Crippen molar-refractivity contribution in [1.29, 1.82) is 0 Å². The number of rotatable bonds is 6. The fraction of sp³-hybridized carbons (Fsp3) is 0.364. The number of carbonyl (C=O) groups is 3. The van der Waals surface area contributed by atoms with Crippen LogP contribution in [0.4, 0.5) is 16.2 Å². The van der Waals surface area contributed by atoms with Crippen LogP contribution in [0, 0.1) is 0 Å². The van der Waals surface area contributed by atoms with Gasteiger partial charge in [-0.05, 0) is 55.2 Å². The number of hydrogen-bond donors (Lipinski definition) is 1. The van der Waals surface area contributed by atoms with Gasteiger partial charge in [-0.15, -0.1) is 11.6 Å². The van der Waals surface area contributed by atoms with Crippen LogP contribution in [0.5, 0.6) is 0 Å². The largest absolute Gasteiger partial charge is 0.332 e. The number of nitrogens with zero attached hydrogens (tertiary/aromatic N) is 3. The van der Waals surface area contributed by atoms with Crippen LogP contribution >= 0.6 is 11.6 Å². The van der Waals surface area contributed by atoms with Gasteiger partial charge in [0.1, 0.15) is 11.4 Å². The maximum Gasteiger partial charge on any atom is 0.332 e. The lowest BCUT2D eigenvalue weighted by molar-refractivity contribution is -0.123. The lowest BCUT2D eigenvalue weighted by Gasteiger charge is -2.27. The Labute approximate surface area is 181 Å². The van der Waals surface area contributed by atoms with E-state index in [-0.39, 0.29) is 30.2 Å². The Morgan fingerprint density at radius 3 is 2.43 bits per heavy atom. The van der Waals surface area contributed by atoms with Crippen molar-refractivity contribution in [3.63, 3.8) is 0 Å². The Morgan fingerprint density at radius 2 is 1.83 bits per heavy atom. The van der Waals surface area contributed by atoms with E-state index in [1.165, 1.54) is 9.80 Å². The number of halogens is 1. The maximum atomic E-state index is 13.3. The van der Waals surface area contributed by atoms with Crippen LogP contribution in [0.15, 0.2) is 42.7 Å². The van der Waals surface area contributed by atoms with E-state index in [9.17, 15) is 14.4 Å². The third-order valence-electron chi connectivity index (χ3n) is 5.23. The van der Waals surface area contributed by atoms with Crippen molar-refractivity contribution in [2.75, 3.05) is 16.1 Å². The van der Waals surface area contributed by atoms with E-state index in [1.807, 2.05) is 32.0 Å². The lowest BCUT2D eigenvalue weighted by Crippen LogP contribution is -2.43. The third kappa shape index (κ3) is 4.03. The third-order valence-corrected chi connectivity index (χ3v) is 5.47. The molecule has 1 saturated heterocycles. The van der Waals surface area contributed by atoms with Crippen molar-refractivity contribution in [3.8, 4) is 0 Å². The second kappa shape index (κ2) is 8.44. The molecule has 30 heavy (non-hydrogen) atoms. The first kappa shape index (κ1) is 21.8. The second-order valence-electron chi connectivity index (χ2n) is 8.03. The Kier molecular flexibility index (Phi) is 6.12. The molecule has 1 N–H and O–H groups in total. The highest BCUT2D eigenvalue weighted by Crippen LogP contribution is 2.36. The molecular weight excluding hydrogens is 404 g/mol. The van der Waals surface area contributed by atoms with Gasteiger partial charge in [-0.2, -0.15) is 0 Å². The molecule has 0 aliphatic carbocycles. The molecule has 1 aromatic heterocycles. The van der Waals surface area contributed by atoms with Gasteiger partial charge in [0.2, 0.25) is 5.91 Å². The summed E-state index contributed by atoms with van der Waals surface area (Å²) in [6.07, 6.45) is 3.30. The van der Waals surface area contributed by atoms with Gasteiger partial charge >= 0.3 is 6.03 Å².